The number of nitrogens with zero attached hydrogens (tertiary/aromatic N) is 3. The van der Waals surface area contributed by atoms with Gasteiger partial charge in [0.1, 0.15) is 6.07 Å². The molecule has 0 aliphatic heterocycles. The molecule has 0 unspecified atom stereocenters. The first-order valence-electron chi connectivity index (χ1n) is 4.27. The smallest absolute Gasteiger partial charge is 0.325 e. The van der Waals surface area contributed by atoms with Crippen LogP contribution in [0.15, 0.2) is 24.3 Å². The van der Waals surface area contributed by atoms with Crippen LogP contribution in [0.3, 0.4) is 0 Å². The number of nitriles is 1. The number of imidazole rings is 1. The number of aryl methyl sites for hydroxylation is 1. The molecule has 0 aliphatic carbocycles. The average Bonchev–Trinajstić information content (AvgIpc) is 2.58. The maximum absolute atomic E-state index is 13.1. The average molecular weight is 207 g/mol. The lowest BCUT2D eigenvalue weighted by molar-refractivity contribution is 0.0486. The fraction of sp³-hybridized carbons (Fsp3) is 0.200. The first-order valence-corrected chi connectivity index (χ1v) is 4.27. The number of benzene rings is 1. The van der Waals surface area contributed by atoms with E-state index in [-0.39, 0.29) is 0 Å². The summed E-state index contributed by atoms with van der Waals surface area (Å²) >= 11 is 0. The summed E-state index contributed by atoms with van der Waals surface area (Å²) in [6.45, 7) is 0. The summed E-state index contributed by atoms with van der Waals surface area (Å²) in [5.41, 5.74) is 1.05. The molecule has 1 aromatic heterocycles. The highest BCUT2D eigenvalue weighted by Crippen LogP contribution is 2.28. The Morgan fingerprint density at radius 3 is 2.67 bits per heavy atom. The van der Waals surface area contributed by atoms with Crippen molar-refractivity contribution in [3.05, 3.63) is 30.1 Å². The van der Waals surface area contributed by atoms with E-state index in [4.69, 9.17) is 5.26 Å². The Labute approximate surface area is 84.6 Å². The van der Waals surface area contributed by atoms with Crippen LogP contribution in [0.1, 0.15) is 5.82 Å². The lowest BCUT2D eigenvalue weighted by atomic mass is 10.3. The molecule has 3 nitrogen and oxygen atoms in total. The number of fused-ring (bicyclic) bond motifs is 1. The molecule has 0 aliphatic rings. The fourth-order valence-corrected chi connectivity index (χ4v) is 1.48. The monoisotopic (exact) mass is 207 g/mol. The minimum Gasteiger partial charge on any atom is -0.325 e. The number of hydrogen-bond acceptors (Lipinski definition) is 2. The summed E-state index contributed by atoms with van der Waals surface area (Å²) in [6, 6.07) is 7.70. The minimum absolute atomic E-state index is 0.463. The Morgan fingerprint density at radius 2 is 2.07 bits per heavy atom. The first-order chi connectivity index (χ1) is 7.06. The lowest BCUT2D eigenvalue weighted by Gasteiger charge is -2.06. The van der Waals surface area contributed by atoms with E-state index in [1.54, 1.807) is 24.3 Å². The Bertz CT molecular complexity index is 551. The number of hydrogen-bond donors (Lipinski definition) is 0. The van der Waals surface area contributed by atoms with E-state index >= 15 is 0 Å². The zero-order chi connectivity index (χ0) is 11.1. The zero-order valence-electron chi connectivity index (χ0n) is 7.91. The highest BCUT2D eigenvalue weighted by molar-refractivity contribution is 5.76. The molecular weight excluding hydrogens is 200 g/mol. The number of halogens is 2. The largest absolute Gasteiger partial charge is 0.388 e. The molecule has 1 aromatic carbocycles. The van der Waals surface area contributed by atoms with Crippen LogP contribution in [-0.4, -0.2) is 9.55 Å². The van der Waals surface area contributed by atoms with Gasteiger partial charge >= 0.3 is 5.92 Å². The van der Waals surface area contributed by atoms with Crippen molar-refractivity contribution in [2.24, 2.45) is 7.05 Å². The van der Waals surface area contributed by atoms with E-state index in [1.165, 1.54) is 11.6 Å². The van der Waals surface area contributed by atoms with Gasteiger partial charge < -0.3 is 4.57 Å². The van der Waals surface area contributed by atoms with Crippen molar-refractivity contribution in [1.82, 2.24) is 9.55 Å². The van der Waals surface area contributed by atoms with E-state index in [2.05, 4.69) is 4.98 Å². The third-order valence-corrected chi connectivity index (χ3v) is 2.21. The van der Waals surface area contributed by atoms with Crippen molar-refractivity contribution in [2.45, 2.75) is 5.92 Å². The molecule has 15 heavy (non-hydrogen) atoms. The molecule has 2 aromatic rings. The predicted molar refractivity (Wildman–Crippen MR) is 50.2 cm³/mol. The Kier molecular flexibility index (Phi) is 1.93. The van der Waals surface area contributed by atoms with E-state index in [0.717, 1.165) is 6.07 Å². The Balaban J connectivity index is 2.75. The maximum Gasteiger partial charge on any atom is 0.388 e. The second-order valence-electron chi connectivity index (χ2n) is 3.17. The van der Waals surface area contributed by atoms with E-state index in [0.29, 0.717) is 11.0 Å². The molecule has 0 amide bonds. The number of aromatic nitrogens is 2. The number of rotatable bonds is 1. The highest BCUT2D eigenvalue weighted by atomic mass is 19.3. The zero-order valence-corrected chi connectivity index (χ0v) is 7.91. The summed E-state index contributed by atoms with van der Waals surface area (Å²) in [7, 11) is 1.47. The second kappa shape index (κ2) is 3.02. The minimum atomic E-state index is -3.55. The molecule has 0 saturated heterocycles. The van der Waals surface area contributed by atoms with Crippen LogP contribution < -0.4 is 0 Å². The third kappa shape index (κ3) is 1.34. The van der Waals surface area contributed by atoms with Gasteiger partial charge in [-0.15, -0.1) is 0 Å². The summed E-state index contributed by atoms with van der Waals surface area (Å²) in [6.07, 6.45) is 0. The van der Waals surface area contributed by atoms with Gasteiger partial charge in [-0.3, -0.25) is 0 Å². The van der Waals surface area contributed by atoms with Gasteiger partial charge in [0.25, 0.3) is 0 Å². The maximum atomic E-state index is 13.1. The van der Waals surface area contributed by atoms with Crippen molar-refractivity contribution in [1.29, 1.82) is 5.26 Å². The molecule has 0 atom stereocenters. The van der Waals surface area contributed by atoms with Gasteiger partial charge in [0.2, 0.25) is 0 Å². The van der Waals surface area contributed by atoms with Gasteiger partial charge in [-0.1, -0.05) is 12.1 Å². The Hall–Kier alpha value is -1.96. The molecule has 76 valence electrons. The third-order valence-electron chi connectivity index (χ3n) is 2.21. The summed E-state index contributed by atoms with van der Waals surface area (Å²) < 4.78 is 27.5. The molecule has 0 N–H and O–H groups in total. The highest BCUT2D eigenvalue weighted by Gasteiger charge is 2.36. The van der Waals surface area contributed by atoms with E-state index in [9.17, 15) is 8.78 Å². The van der Waals surface area contributed by atoms with Gasteiger partial charge in [-0.2, -0.15) is 14.0 Å². The predicted octanol–water partition coefficient (Wildman–Crippen LogP) is 2.19. The summed E-state index contributed by atoms with van der Waals surface area (Å²) in [5, 5.41) is 8.34. The van der Waals surface area contributed by atoms with Gasteiger partial charge in [0.05, 0.1) is 11.0 Å². The van der Waals surface area contributed by atoms with Crippen molar-refractivity contribution < 1.29 is 8.78 Å². The van der Waals surface area contributed by atoms with Gasteiger partial charge in [-0.25, -0.2) is 4.98 Å². The molecule has 0 bridgehead atoms. The fourth-order valence-electron chi connectivity index (χ4n) is 1.48. The van der Waals surface area contributed by atoms with Crippen LogP contribution in [0.5, 0.6) is 0 Å². The first kappa shape index (κ1) is 9.59. The van der Waals surface area contributed by atoms with Crippen LogP contribution in [0.2, 0.25) is 0 Å². The number of alkyl halides is 2. The SMILES string of the molecule is Cn1c(C(F)(F)C#N)nc2ccccc21. The van der Waals surface area contributed by atoms with Gasteiger partial charge in [-0.05, 0) is 12.1 Å². The standard InChI is InChI=1S/C10H7F2N3/c1-15-8-5-3-2-4-7(8)14-9(15)10(11,12)6-13/h2-5H,1H3. The molecule has 0 spiro atoms. The summed E-state index contributed by atoms with van der Waals surface area (Å²) in [4.78, 5) is 3.75. The molecular formula is C10H7F2N3. The van der Waals surface area contributed by atoms with Crippen LogP contribution in [0.4, 0.5) is 8.78 Å². The normalized spacial score (nSPS) is 11.6. The molecule has 0 saturated carbocycles. The van der Waals surface area contributed by atoms with Gasteiger partial charge in [0, 0.05) is 7.05 Å². The van der Waals surface area contributed by atoms with Crippen molar-refractivity contribution in [2.75, 3.05) is 0 Å². The molecule has 0 fully saturated rings. The van der Waals surface area contributed by atoms with E-state index < -0.39 is 11.7 Å². The van der Waals surface area contributed by atoms with Crippen LogP contribution in [0, 0.1) is 11.3 Å². The molecule has 5 heteroatoms. The second-order valence-corrected chi connectivity index (χ2v) is 3.17. The number of para-hydroxylation sites is 2. The Morgan fingerprint density at radius 1 is 1.40 bits per heavy atom. The topological polar surface area (TPSA) is 41.6 Å². The van der Waals surface area contributed by atoms with Crippen LogP contribution in [0.25, 0.3) is 11.0 Å². The molecule has 0 radical (unpaired) electrons. The lowest BCUT2D eigenvalue weighted by Crippen LogP contribution is -2.16. The van der Waals surface area contributed by atoms with Crippen molar-refractivity contribution in [3.8, 4) is 6.07 Å². The molecule has 1 heterocycles. The summed E-state index contributed by atoms with van der Waals surface area (Å²) in [5.74, 6) is -4.07. The van der Waals surface area contributed by atoms with E-state index in [1.807, 2.05) is 0 Å². The van der Waals surface area contributed by atoms with Gasteiger partial charge in [0.15, 0.2) is 5.82 Å². The van der Waals surface area contributed by atoms with Crippen LogP contribution in [-0.2, 0) is 13.0 Å². The van der Waals surface area contributed by atoms with Crippen molar-refractivity contribution in [3.63, 3.8) is 0 Å². The molecule has 2 rings (SSSR count). The van der Waals surface area contributed by atoms with Crippen LogP contribution >= 0.6 is 0 Å². The van der Waals surface area contributed by atoms with Crippen molar-refractivity contribution >= 4 is 11.0 Å². The quantitative estimate of drug-likeness (QED) is 0.719.